The van der Waals surface area contributed by atoms with E-state index in [-0.39, 0.29) is 35.9 Å². The fraction of sp³-hybridized carbons (Fsp3) is 0.500. The minimum Gasteiger partial charge on any atom is -0.496 e. The van der Waals surface area contributed by atoms with Crippen molar-refractivity contribution >= 4 is 17.6 Å². The van der Waals surface area contributed by atoms with Gasteiger partial charge in [0, 0.05) is 19.2 Å². The van der Waals surface area contributed by atoms with E-state index in [1.807, 2.05) is 19.1 Å². The summed E-state index contributed by atoms with van der Waals surface area (Å²) in [5, 5.41) is 2.62. The molecule has 1 fully saturated rings. The Morgan fingerprint density at radius 2 is 1.68 bits per heavy atom. The predicted molar refractivity (Wildman–Crippen MR) is 152 cm³/mol. The van der Waals surface area contributed by atoms with Crippen LogP contribution < -0.4 is 10.1 Å². The maximum atomic E-state index is 13.5. The van der Waals surface area contributed by atoms with Crippen LogP contribution in [0.2, 0.25) is 0 Å². The highest BCUT2D eigenvalue weighted by molar-refractivity contribution is 5.81. The van der Waals surface area contributed by atoms with Gasteiger partial charge in [0.05, 0.1) is 30.7 Å². The molecule has 1 aliphatic heterocycles. The van der Waals surface area contributed by atoms with Crippen molar-refractivity contribution in [2.75, 3.05) is 20.7 Å². The van der Waals surface area contributed by atoms with Gasteiger partial charge in [-0.15, -0.1) is 0 Å². The molecule has 0 radical (unpaired) electrons. The van der Waals surface area contributed by atoms with E-state index in [0.717, 1.165) is 34.3 Å². The smallest absolute Gasteiger partial charge is 0.416 e. The normalized spacial score (nSPS) is 20.5. The Morgan fingerprint density at radius 1 is 1.07 bits per heavy atom. The number of ether oxygens (including phenoxy) is 2. The van der Waals surface area contributed by atoms with Crippen LogP contribution in [0.15, 0.2) is 35.9 Å². The molecule has 1 N–H and O–H groups in total. The van der Waals surface area contributed by atoms with E-state index in [4.69, 9.17) is 9.47 Å². The number of allylic oxidation sites excluding steroid dienone is 1. The minimum atomic E-state index is -5.03. The fourth-order valence-electron chi connectivity index (χ4n) is 5.98. The molecule has 2 aliphatic rings. The first-order valence-electron chi connectivity index (χ1n) is 14.2. The number of nitrogens with zero attached hydrogens (tertiary/aromatic N) is 1. The van der Waals surface area contributed by atoms with Crippen molar-refractivity contribution in [2.45, 2.75) is 77.9 Å². The Hall–Kier alpha value is -3.70. The Kier molecular flexibility index (Phi) is 9.06. The van der Waals surface area contributed by atoms with Crippen LogP contribution in [-0.2, 0) is 28.3 Å². The molecule has 6 nitrogen and oxygen atoms in total. The van der Waals surface area contributed by atoms with Gasteiger partial charge in [0.2, 0.25) is 5.91 Å². The van der Waals surface area contributed by atoms with E-state index < -0.39 is 41.7 Å². The summed E-state index contributed by atoms with van der Waals surface area (Å²) < 4.78 is 92.4. The maximum absolute atomic E-state index is 13.5. The predicted octanol–water partition coefficient (Wildman–Crippen LogP) is 7.88. The van der Waals surface area contributed by atoms with Crippen molar-refractivity contribution in [3.05, 3.63) is 69.3 Å². The lowest BCUT2D eigenvalue weighted by Crippen LogP contribution is -2.35. The van der Waals surface area contributed by atoms with Gasteiger partial charge < -0.3 is 14.8 Å². The molecule has 0 spiro atoms. The molecule has 2 amide bonds. The van der Waals surface area contributed by atoms with Crippen molar-refractivity contribution in [3.63, 3.8) is 0 Å². The SMILES string of the molecule is CNC(=O)Cc1cc(C2=C(CN3C(=O)O[C@H](c4cc(C(F)(F)F)cc(C(F)(F)F)c4)[C@@H]3C)CC(C)(C)CC2)c(OC)cc1C. The Labute approximate surface area is 252 Å². The number of hydrogen-bond donors (Lipinski definition) is 1. The van der Waals surface area contributed by atoms with E-state index in [0.29, 0.717) is 30.7 Å². The molecule has 0 unspecified atom stereocenters. The van der Waals surface area contributed by atoms with Crippen LogP contribution in [0, 0.1) is 12.3 Å². The van der Waals surface area contributed by atoms with Crippen LogP contribution in [0.3, 0.4) is 0 Å². The average molecular weight is 627 g/mol. The zero-order valence-electron chi connectivity index (χ0n) is 25.4. The highest BCUT2D eigenvalue weighted by Crippen LogP contribution is 2.47. The summed E-state index contributed by atoms with van der Waals surface area (Å²) in [6.07, 6.45) is -10.1. The third kappa shape index (κ3) is 6.99. The summed E-state index contributed by atoms with van der Waals surface area (Å²) >= 11 is 0. The molecule has 0 aromatic heterocycles. The number of carbonyl (C=O) groups excluding carboxylic acids is 2. The van der Waals surface area contributed by atoms with Crippen molar-refractivity contribution in [3.8, 4) is 5.75 Å². The average Bonchev–Trinajstić information content (AvgIpc) is 3.21. The number of aryl methyl sites for hydroxylation is 1. The van der Waals surface area contributed by atoms with Gasteiger partial charge in [-0.3, -0.25) is 9.69 Å². The van der Waals surface area contributed by atoms with E-state index in [1.54, 1.807) is 21.1 Å². The number of likely N-dealkylation sites (N-methyl/N-ethyl adjacent to an activating group) is 1. The Bertz CT molecular complexity index is 1450. The van der Waals surface area contributed by atoms with Crippen LogP contribution >= 0.6 is 0 Å². The van der Waals surface area contributed by atoms with Gasteiger partial charge in [-0.05, 0) is 96.7 Å². The number of rotatable bonds is 7. The van der Waals surface area contributed by atoms with E-state index >= 15 is 0 Å². The maximum Gasteiger partial charge on any atom is 0.416 e. The summed E-state index contributed by atoms with van der Waals surface area (Å²) in [5.41, 5.74) is 0.766. The monoisotopic (exact) mass is 626 g/mol. The standard InChI is InChI=1S/C32H36F6N2O4/c1-17-9-26(43-6)25(12-19(17)13-27(41)39-5)24-7-8-30(3,4)15-21(24)16-40-18(2)28(44-29(40)42)20-10-22(31(33,34)35)14-23(11-20)32(36,37)38/h9-12,14,18,28H,7-8,13,15-16H2,1-6H3,(H,39,41)/t18-,28-/m0/s1. The molecular weight excluding hydrogens is 590 g/mol. The van der Waals surface area contributed by atoms with E-state index in [1.165, 1.54) is 4.90 Å². The summed E-state index contributed by atoms with van der Waals surface area (Å²) in [6, 6.07) is 4.16. The highest BCUT2D eigenvalue weighted by Gasteiger charge is 2.44. The van der Waals surface area contributed by atoms with E-state index in [2.05, 4.69) is 19.2 Å². The van der Waals surface area contributed by atoms with Gasteiger partial charge in [0.25, 0.3) is 0 Å². The van der Waals surface area contributed by atoms with Crippen molar-refractivity contribution < 1.29 is 45.4 Å². The molecule has 1 heterocycles. The molecule has 0 bridgehead atoms. The second kappa shape index (κ2) is 12.0. The first-order valence-corrected chi connectivity index (χ1v) is 14.2. The molecule has 2 atom stereocenters. The van der Waals surface area contributed by atoms with Crippen molar-refractivity contribution in [2.24, 2.45) is 5.41 Å². The van der Waals surface area contributed by atoms with Crippen molar-refractivity contribution in [1.82, 2.24) is 10.2 Å². The lowest BCUT2D eigenvalue weighted by molar-refractivity contribution is -0.143. The number of carbonyl (C=O) groups is 2. The van der Waals surface area contributed by atoms with E-state index in [9.17, 15) is 35.9 Å². The summed E-state index contributed by atoms with van der Waals surface area (Å²) in [7, 11) is 3.09. The molecule has 240 valence electrons. The van der Waals surface area contributed by atoms with Crippen LogP contribution in [-0.4, -0.2) is 43.6 Å². The molecule has 44 heavy (non-hydrogen) atoms. The van der Waals surface area contributed by atoms with Gasteiger partial charge >= 0.3 is 18.4 Å². The molecule has 1 aliphatic carbocycles. The first-order chi connectivity index (χ1) is 20.3. The van der Waals surface area contributed by atoms with Gasteiger partial charge in [0.15, 0.2) is 0 Å². The number of benzene rings is 2. The Morgan fingerprint density at radius 3 is 2.23 bits per heavy atom. The van der Waals surface area contributed by atoms with Crippen LogP contribution in [0.4, 0.5) is 31.1 Å². The van der Waals surface area contributed by atoms with Crippen LogP contribution in [0.5, 0.6) is 5.75 Å². The van der Waals surface area contributed by atoms with Crippen LogP contribution in [0.25, 0.3) is 5.57 Å². The van der Waals surface area contributed by atoms with Gasteiger partial charge in [-0.1, -0.05) is 13.8 Å². The zero-order valence-corrected chi connectivity index (χ0v) is 25.4. The number of halogens is 6. The highest BCUT2D eigenvalue weighted by atomic mass is 19.4. The number of nitrogens with one attached hydrogen (secondary N) is 1. The number of alkyl halides is 6. The minimum absolute atomic E-state index is 0.0528. The second-order valence-electron chi connectivity index (χ2n) is 12.3. The lowest BCUT2D eigenvalue weighted by atomic mass is 9.72. The Balaban J connectivity index is 1.76. The van der Waals surface area contributed by atoms with Crippen molar-refractivity contribution in [1.29, 1.82) is 0 Å². The fourth-order valence-corrected chi connectivity index (χ4v) is 5.98. The summed E-state index contributed by atoms with van der Waals surface area (Å²) in [5.74, 6) is 0.431. The van der Waals surface area contributed by atoms with Gasteiger partial charge in [-0.25, -0.2) is 4.79 Å². The molecule has 0 saturated carbocycles. The summed E-state index contributed by atoms with van der Waals surface area (Å²) in [4.78, 5) is 26.7. The molecule has 2 aromatic rings. The lowest BCUT2D eigenvalue weighted by Gasteiger charge is -2.36. The molecule has 2 aromatic carbocycles. The topological polar surface area (TPSA) is 67.9 Å². The number of amides is 2. The molecule has 12 heteroatoms. The largest absolute Gasteiger partial charge is 0.496 e. The third-order valence-corrected chi connectivity index (χ3v) is 8.48. The molecular formula is C32H36F6N2O4. The van der Waals surface area contributed by atoms with Gasteiger partial charge in [0.1, 0.15) is 11.9 Å². The quantitative estimate of drug-likeness (QED) is 0.318. The second-order valence-corrected chi connectivity index (χ2v) is 12.3. The number of hydrogen-bond acceptors (Lipinski definition) is 4. The molecule has 4 rings (SSSR count). The van der Waals surface area contributed by atoms with Gasteiger partial charge in [-0.2, -0.15) is 26.3 Å². The number of methoxy groups -OCH3 is 1. The summed E-state index contributed by atoms with van der Waals surface area (Å²) in [6.45, 7) is 7.66. The van der Waals surface area contributed by atoms with Crippen LogP contribution in [0.1, 0.15) is 79.5 Å². The zero-order chi connectivity index (χ0) is 32.8. The third-order valence-electron chi connectivity index (χ3n) is 8.48. The number of cyclic esters (lactones) is 1. The first kappa shape index (κ1) is 33.2. The molecule has 1 saturated heterocycles.